The molecular formula is C20H26ClN3O4S. The largest absolute Gasteiger partial charge is 0.457 e. The van der Waals surface area contributed by atoms with Crippen molar-refractivity contribution >= 4 is 34.0 Å². The predicted octanol–water partition coefficient (Wildman–Crippen LogP) is 2.97. The standard InChI is InChI=1S/C20H25N3O4S.ClH/c1-28(25,26)22-17-4-8-19(9-5-17)27-18-6-2-15(3-7-18)14-23-12-10-16(11-13-23)20(21)24;/h2-9,16,22H,10-14H2,1H3,(H2,21,24);1H. The number of nitrogens with two attached hydrogens (primary N) is 1. The Hall–Kier alpha value is -2.29. The third-order valence-corrected chi connectivity index (χ3v) is 5.32. The van der Waals surface area contributed by atoms with E-state index in [0.717, 1.165) is 38.7 Å². The Morgan fingerprint density at radius 2 is 1.59 bits per heavy atom. The lowest BCUT2D eigenvalue weighted by Gasteiger charge is -2.30. The molecule has 1 aliphatic heterocycles. The molecule has 1 aliphatic rings. The number of sulfonamides is 1. The van der Waals surface area contributed by atoms with Gasteiger partial charge in [0.15, 0.2) is 0 Å². The number of primary amides is 1. The van der Waals surface area contributed by atoms with Crippen molar-refractivity contribution in [3.8, 4) is 11.5 Å². The number of hydrogen-bond donors (Lipinski definition) is 2. The van der Waals surface area contributed by atoms with E-state index < -0.39 is 10.0 Å². The lowest BCUT2D eigenvalue weighted by atomic mass is 9.96. The molecule has 0 radical (unpaired) electrons. The highest BCUT2D eigenvalue weighted by Gasteiger charge is 2.22. The minimum absolute atomic E-state index is 0. The molecule has 3 rings (SSSR count). The van der Waals surface area contributed by atoms with Crippen LogP contribution in [0.2, 0.25) is 0 Å². The molecule has 2 aromatic rings. The molecule has 0 spiro atoms. The Kier molecular flexibility index (Phi) is 7.89. The minimum Gasteiger partial charge on any atom is -0.457 e. The summed E-state index contributed by atoms with van der Waals surface area (Å²) in [7, 11) is -3.29. The normalized spacial score (nSPS) is 15.3. The highest BCUT2D eigenvalue weighted by Crippen LogP contribution is 2.25. The topological polar surface area (TPSA) is 102 Å². The van der Waals surface area contributed by atoms with E-state index in [0.29, 0.717) is 17.2 Å². The summed E-state index contributed by atoms with van der Waals surface area (Å²) in [5.74, 6) is 1.15. The van der Waals surface area contributed by atoms with E-state index in [9.17, 15) is 13.2 Å². The van der Waals surface area contributed by atoms with Gasteiger partial charge in [0, 0.05) is 18.2 Å². The molecule has 2 aromatic carbocycles. The highest BCUT2D eigenvalue weighted by atomic mass is 35.5. The highest BCUT2D eigenvalue weighted by molar-refractivity contribution is 7.92. The number of halogens is 1. The fraction of sp³-hybridized carbons (Fsp3) is 0.350. The molecule has 1 fully saturated rings. The minimum atomic E-state index is -3.29. The van der Waals surface area contributed by atoms with Crippen LogP contribution in [-0.2, 0) is 21.4 Å². The van der Waals surface area contributed by atoms with Gasteiger partial charge >= 0.3 is 0 Å². The molecule has 1 amide bonds. The molecule has 0 aromatic heterocycles. The first-order chi connectivity index (χ1) is 13.3. The molecule has 9 heteroatoms. The number of rotatable bonds is 7. The van der Waals surface area contributed by atoms with Crippen LogP contribution >= 0.6 is 12.4 Å². The first kappa shape index (κ1) is 23.0. The summed E-state index contributed by atoms with van der Waals surface area (Å²) < 4.78 is 30.7. The van der Waals surface area contributed by atoms with Crippen molar-refractivity contribution in [3.05, 3.63) is 54.1 Å². The van der Waals surface area contributed by atoms with Crippen LogP contribution in [0.3, 0.4) is 0 Å². The average Bonchev–Trinajstić information content (AvgIpc) is 2.64. The maximum Gasteiger partial charge on any atom is 0.229 e. The number of ether oxygens (including phenoxy) is 1. The summed E-state index contributed by atoms with van der Waals surface area (Å²) in [5, 5.41) is 0. The first-order valence-corrected chi connectivity index (χ1v) is 11.0. The molecule has 3 N–H and O–H groups in total. The fourth-order valence-corrected chi connectivity index (χ4v) is 3.80. The number of likely N-dealkylation sites (tertiary alicyclic amines) is 1. The Morgan fingerprint density at radius 3 is 2.07 bits per heavy atom. The van der Waals surface area contributed by atoms with Crippen molar-refractivity contribution in [1.82, 2.24) is 4.90 Å². The van der Waals surface area contributed by atoms with Crippen LogP contribution in [0.15, 0.2) is 48.5 Å². The number of anilines is 1. The summed E-state index contributed by atoms with van der Waals surface area (Å²) in [6, 6.07) is 14.6. The summed E-state index contributed by atoms with van der Waals surface area (Å²) >= 11 is 0. The molecule has 0 bridgehead atoms. The van der Waals surface area contributed by atoms with Crippen LogP contribution in [0.25, 0.3) is 0 Å². The lowest BCUT2D eigenvalue weighted by Crippen LogP contribution is -2.38. The van der Waals surface area contributed by atoms with Crippen molar-refractivity contribution < 1.29 is 17.9 Å². The summed E-state index contributed by atoms with van der Waals surface area (Å²) in [4.78, 5) is 13.6. The van der Waals surface area contributed by atoms with E-state index in [1.165, 1.54) is 5.56 Å². The molecule has 0 aliphatic carbocycles. The van der Waals surface area contributed by atoms with Crippen LogP contribution in [0, 0.1) is 5.92 Å². The molecule has 1 heterocycles. The fourth-order valence-electron chi connectivity index (χ4n) is 3.24. The summed E-state index contributed by atoms with van der Waals surface area (Å²) in [5.41, 5.74) is 7.05. The monoisotopic (exact) mass is 439 g/mol. The van der Waals surface area contributed by atoms with Gasteiger partial charge in [-0.3, -0.25) is 14.4 Å². The Balaban J connectivity index is 0.00000300. The molecule has 0 unspecified atom stereocenters. The Bertz CT molecular complexity index is 910. The van der Waals surface area contributed by atoms with Gasteiger partial charge < -0.3 is 10.5 Å². The number of hydrogen-bond acceptors (Lipinski definition) is 5. The number of benzene rings is 2. The maximum atomic E-state index is 11.2. The second kappa shape index (κ2) is 9.96. The van der Waals surface area contributed by atoms with Gasteiger partial charge in [0.05, 0.1) is 6.26 Å². The van der Waals surface area contributed by atoms with E-state index in [1.807, 2.05) is 24.3 Å². The number of carbonyl (C=O) groups is 1. The predicted molar refractivity (Wildman–Crippen MR) is 116 cm³/mol. The quantitative estimate of drug-likeness (QED) is 0.690. The number of nitrogens with zero attached hydrogens (tertiary/aromatic N) is 1. The van der Waals surface area contributed by atoms with Crippen molar-refractivity contribution in [3.63, 3.8) is 0 Å². The van der Waals surface area contributed by atoms with Gasteiger partial charge in [-0.05, 0) is 67.9 Å². The SMILES string of the molecule is CS(=O)(=O)Nc1ccc(Oc2ccc(CN3CCC(C(N)=O)CC3)cc2)cc1.Cl. The zero-order chi connectivity index (χ0) is 20.1. The average molecular weight is 440 g/mol. The van der Waals surface area contributed by atoms with Crippen LogP contribution in [0.5, 0.6) is 11.5 Å². The third-order valence-electron chi connectivity index (χ3n) is 4.71. The molecule has 0 saturated carbocycles. The van der Waals surface area contributed by atoms with Gasteiger partial charge in [-0.1, -0.05) is 12.1 Å². The molecule has 158 valence electrons. The van der Waals surface area contributed by atoms with Gasteiger partial charge in [0.1, 0.15) is 11.5 Å². The third kappa shape index (κ3) is 7.23. The summed E-state index contributed by atoms with van der Waals surface area (Å²) in [6.07, 6.45) is 2.75. The van der Waals surface area contributed by atoms with E-state index in [1.54, 1.807) is 24.3 Å². The van der Waals surface area contributed by atoms with E-state index in [-0.39, 0.29) is 24.2 Å². The van der Waals surface area contributed by atoms with Crippen molar-refractivity contribution in [2.75, 3.05) is 24.1 Å². The molecule has 29 heavy (non-hydrogen) atoms. The van der Waals surface area contributed by atoms with Crippen molar-refractivity contribution in [2.45, 2.75) is 19.4 Å². The maximum absolute atomic E-state index is 11.2. The second-order valence-electron chi connectivity index (χ2n) is 7.10. The van der Waals surface area contributed by atoms with E-state index >= 15 is 0 Å². The van der Waals surface area contributed by atoms with E-state index in [4.69, 9.17) is 10.5 Å². The van der Waals surface area contributed by atoms with Crippen molar-refractivity contribution in [2.24, 2.45) is 11.7 Å². The molecule has 1 saturated heterocycles. The number of amides is 1. The Morgan fingerprint density at radius 1 is 1.07 bits per heavy atom. The summed E-state index contributed by atoms with van der Waals surface area (Å²) in [6.45, 7) is 2.58. The lowest BCUT2D eigenvalue weighted by molar-refractivity contribution is -0.123. The van der Waals surface area contributed by atoms with Crippen LogP contribution < -0.4 is 15.2 Å². The number of piperidine rings is 1. The zero-order valence-electron chi connectivity index (χ0n) is 16.2. The van der Waals surface area contributed by atoms with Gasteiger partial charge in [0.2, 0.25) is 15.9 Å². The van der Waals surface area contributed by atoms with Gasteiger partial charge in [-0.15, -0.1) is 12.4 Å². The van der Waals surface area contributed by atoms with Gasteiger partial charge in [-0.25, -0.2) is 8.42 Å². The molecular weight excluding hydrogens is 414 g/mol. The zero-order valence-corrected chi connectivity index (χ0v) is 17.8. The van der Waals surface area contributed by atoms with Gasteiger partial charge in [-0.2, -0.15) is 0 Å². The van der Waals surface area contributed by atoms with Gasteiger partial charge in [0.25, 0.3) is 0 Å². The van der Waals surface area contributed by atoms with Crippen molar-refractivity contribution in [1.29, 1.82) is 0 Å². The molecule has 0 atom stereocenters. The van der Waals surface area contributed by atoms with Crippen LogP contribution in [-0.4, -0.2) is 38.6 Å². The van der Waals surface area contributed by atoms with E-state index in [2.05, 4.69) is 9.62 Å². The number of carbonyl (C=O) groups excluding carboxylic acids is 1. The number of nitrogens with one attached hydrogen (secondary N) is 1. The molecule has 7 nitrogen and oxygen atoms in total. The van der Waals surface area contributed by atoms with Crippen LogP contribution in [0.1, 0.15) is 18.4 Å². The first-order valence-electron chi connectivity index (χ1n) is 9.15. The Labute approximate surface area is 177 Å². The smallest absolute Gasteiger partial charge is 0.229 e. The van der Waals surface area contributed by atoms with Crippen LogP contribution in [0.4, 0.5) is 5.69 Å². The second-order valence-corrected chi connectivity index (χ2v) is 8.85.